The Morgan fingerprint density at radius 3 is 1.29 bits per heavy atom. The van der Waals surface area contributed by atoms with Crippen molar-refractivity contribution in [3.8, 4) is 0 Å². The topological polar surface area (TPSA) is 120 Å². The lowest BCUT2D eigenvalue weighted by atomic mass is 10.1. The molecule has 0 spiro atoms. The Hall–Kier alpha value is -0.780. The van der Waals surface area contributed by atoms with Crippen LogP contribution in [-0.2, 0) is 61.6 Å². The number of fused-ring (bicyclic) bond motifs is 3. The van der Waals surface area contributed by atoms with E-state index in [1.807, 2.05) is 41.5 Å². The van der Waals surface area contributed by atoms with Crippen LogP contribution in [0.5, 0.6) is 0 Å². The molecule has 13 heteroatoms. The average Bonchev–Trinajstić information content (AvgIpc) is 3.64. The molecule has 0 N–H and O–H groups in total. The first-order valence-electron chi connectivity index (χ1n) is 14.4. The quantitative estimate of drug-likeness (QED) is 0.325. The number of rotatable bonds is 11. The van der Waals surface area contributed by atoms with E-state index in [0.29, 0.717) is 13.2 Å². The molecule has 13 nitrogen and oxygen atoms in total. The van der Waals surface area contributed by atoms with E-state index in [1.54, 1.807) is 13.2 Å². The number of hydrogen-bond donors (Lipinski definition) is 0. The van der Waals surface area contributed by atoms with Gasteiger partial charge in [-0.3, -0.25) is 0 Å². The van der Waals surface area contributed by atoms with E-state index in [1.165, 1.54) is 0 Å². The number of methoxy groups -OCH3 is 1. The lowest BCUT2D eigenvalue weighted by Crippen LogP contribution is -2.45. The predicted octanol–water partition coefficient (Wildman–Crippen LogP) is 1.60. The fourth-order valence-corrected chi connectivity index (χ4v) is 6.40. The summed E-state index contributed by atoms with van der Waals surface area (Å²) in [6.07, 6.45) is -3.95. The van der Waals surface area contributed by atoms with Crippen LogP contribution in [0.1, 0.15) is 41.5 Å². The highest BCUT2D eigenvalue weighted by Gasteiger charge is 2.60. The summed E-state index contributed by atoms with van der Waals surface area (Å²) < 4.78 is 79.1. The van der Waals surface area contributed by atoms with Gasteiger partial charge < -0.3 is 61.6 Å². The van der Waals surface area contributed by atoms with Crippen LogP contribution in [0.4, 0.5) is 0 Å². The van der Waals surface area contributed by atoms with E-state index in [2.05, 4.69) is 6.58 Å². The standard InChI is InChI=1S/C28H44O13/c1-9-10-30-17-15(34-23-20(17)36-26(2,3)39-23)12-32-19-16(35-25-22(19)38-28(6,7)41-25)13-31-18-14(11-29-8)33-24-21(18)37-27(4,5)40-24/h9,14-25H,1,10-13H2,2-8H3/t14-,15-,16-,17+,18+,19+,20-,21-,22-,23-,24-,25-/m1/s1. The smallest absolute Gasteiger partial charge is 0.190 e. The van der Waals surface area contributed by atoms with Crippen LogP contribution >= 0.6 is 0 Å². The summed E-state index contributed by atoms with van der Waals surface area (Å²) in [6, 6.07) is 0. The molecule has 234 valence electrons. The normalized spacial score (nSPS) is 47.0. The van der Waals surface area contributed by atoms with Crippen LogP contribution in [0, 0.1) is 0 Å². The SMILES string of the molecule is C=CCO[C@@H]1[C@H]2OC(C)(C)O[C@H]2O[C@@H]1CO[C@@H]1[C@H]2OC(C)(C)O[C@H]2O[C@@H]1CO[C@@H]1[C@H]2OC(C)(C)O[C@H]2O[C@@H]1COC. The summed E-state index contributed by atoms with van der Waals surface area (Å²) in [5.41, 5.74) is 0. The Balaban J connectivity index is 1.13. The van der Waals surface area contributed by atoms with Gasteiger partial charge in [0.1, 0.15) is 54.9 Å². The molecule has 0 saturated carbocycles. The monoisotopic (exact) mass is 588 g/mol. The molecule has 6 aliphatic heterocycles. The fraction of sp³-hybridized carbons (Fsp3) is 0.929. The maximum atomic E-state index is 6.48. The molecule has 0 aromatic heterocycles. The maximum Gasteiger partial charge on any atom is 0.190 e. The Morgan fingerprint density at radius 2 is 0.927 bits per heavy atom. The summed E-state index contributed by atoms with van der Waals surface area (Å²) in [7, 11) is 1.62. The third kappa shape index (κ3) is 6.12. The second-order valence-electron chi connectivity index (χ2n) is 12.6. The highest BCUT2D eigenvalue weighted by Crippen LogP contribution is 2.43. The molecular weight excluding hydrogens is 544 g/mol. The summed E-state index contributed by atoms with van der Waals surface area (Å²) >= 11 is 0. The Bertz CT molecular complexity index is 942. The molecule has 6 fully saturated rings. The molecule has 12 atom stereocenters. The third-order valence-corrected chi connectivity index (χ3v) is 7.91. The minimum absolute atomic E-state index is 0.180. The molecule has 0 aromatic carbocycles. The predicted molar refractivity (Wildman–Crippen MR) is 137 cm³/mol. The molecule has 0 bridgehead atoms. The van der Waals surface area contributed by atoms with E-state index in [-0.39, 0.29) is 25.4 Å². The van der Waals surface area contributed by atoms with Crippen molar-refractivity contribution in [2.24, 2.45) is 0 Å². The van der Waals surface area contributed by atoms with Crippen molar-refractivity contribution in [3.05, 3.63) is 12.7 Å². The number of hydrogen-bond acceptors (Lipinski definition) is 13. The first-order valence-corrected chi connectivity index (χ1v) is 14.4. The van der Waals surface area contributed by atoms with Gasteiger partial charge in [-0.1, -0.05) is 6.08 Å². The second kappa shape index (κ2) is 11.3. The summed E-state index contributed by atoms with van der Waals surface area (Å²) in [5.74, 6) is -2.36. The van der Waals surface area contributed by atoms with Crippen LogP contribution < -0.4 is 0 Å². The minimum Gasteiger partial charge on any atom is -0.382 e. The van der Waals surface area contributed by atoms with E-state index >= 15 is 0 Å². The summed E-state index contributed by atoms with van der Waals surface area (Å²) in [6.45, 7) is 15.9. The zero-order valence-electron chi connectivity index (χ0n) is 24.8. The largest absolute Gasteiger partial charge is 0.382 e. The van der Waals surface area contributed by atoms with Crippen LogP contribution in [0.2, 0.25) is 0 Å². The van der Waals surface area contributed by atoms with Gasteiger partial charge in [-0.25, -0.2) is 0 Å². The molecule has 0 aliphatic carbocycles. The van der Waals surface area contributed by atoms with Crippen LogP contribution in [0.3, 0.4) is 0 Å². The molecular formula is C28H44O13. The van der Waals surface area contributed by atoms with Crippen molar-refractivity contribution < 1.29 is 61.6 Å². The molecule has 6 saturated heterocycles. The van der Waals surface area contributed by atoms with Gasteiger partial charge in [-0.05, 0) is 41.5 Å². The fourth-order valence-electron chi connectivity index (χ4n) is 6.40. The Morgan fingerprint density at radius 1 is 0.561 bits per heavy atom. The van der Waals surface area contributed by atoms with Gasteiger partial charge in [0.2, 0.25) is 0 Å². The average molecular weight is 589 g/mol. The van der Waals surface area contributed by atoms with Crippen molar-refractivity contribution in [2.75, 3.05) is 33.5 Å². The highest BCUT2D eigenvalue weighted by atomic mass is 16.9. The Labute approximate surface area is 240 Å². The van der Waals surface area contributed by atoms with Crippen molar-refractivity contribution in [1.29, 1.82) is 0 Å². The van der Waals surface area contributed by atoms with Gasteiger partial charge >= 0.3 is 0 Å². The van der Waals surface area contributed by atoms with Crippen LogP contribution in [-0.4, -0.2) is 125 Å². The van der Waals surface area contributed by atoms with Gasteiger partial charge in [0.25, 0.3) is 0 Å². The van der Waals surface area contributed by atoms with Crippen molar-refractivity contribution >= 4 is 0 Å². The van der Waals surface area contributed by atoms with Gasteiger partial charge in [0.05, 0.1) is 26.4 Å². The first-order chi connectivity index (χ1) is 19.4. The zero-order valence-corrected chi connectivity index (χ0v) is 24.8. The zero-order chi connectivity index (χ0) is 29.2. The molecule has 41 heavy (non-hydrogen) atoms. The molecule has 0 aromatic rings. The van der Waals surface area contributed by atoms with Gasteiger partial charge in [-0.15, -0.1) is 6.58 Å². The molecule has 6 rings (SSSR count). The molecule has 0 unspecified atom stereocenters. The summed E-state index contributed by atoms with van der Waals surface area (Å²) in [5, 5.41) is 0. The molecule has 6 aliphatic rings. The highest BCUT2D eigenvalue weighted by molar-refractivity contribution is 4.99. The molecule has 6 heterocycles. The van der Waals surface area contributed by atoms with E-state index in [9.17, 15) is 0 Å². The van der Waals surface area contributed by atoms with Gasteiger partial charge in [0, 0.05) is 7.11 Å². The molecule has 0 radical (unpaired) electrons. The Kier molecular flexibility index (Phi) is 8.33. The first kappa shape index (κ1) is 30.3. The van der Waals surface area contributed by atoms with Crippen molar-refractivity contribution in [2.45, 2.75) is 133 Å². The molecule has 0 amide bonds. The minimum atomic E-state index is -0.816. The van der Waals surface area contributed by atoms with E-state index in [0.717, 1.165) is 0 Å². The van der Waals surface area contributed by atoms with Gasteiger partial charge in [0.15, 0.2) is 36.2 Å². The van der Waals surface area contributed by atoms with Crippen LogP contribution in [0.15, 0.2) is 12.7 Å². The van der Waals surface area contributed by atoms with E-state index in [4.69, 9.17) is 61.6 Å². The van der Waals surface area contributed by atoms with Crippen LogP contribution in [0.25, 0.3) is 0 Å². The number of ether oxygens (including phenoxy) is 13. The lowest BCUT2D eigenvalue weighted by molar-refractivity contribution is -0.242. The van der Waals surface area contributed by atoms with Crippen molar-refractivity contribution in [3.63, 3.8) is 0 Å². The maximum absolute atomic E-state index is 6.48. The van der Waals surface area contributed by atoms with Crippen molar-refractivity contribution in [1.82, 2.24) is 0 Å². The second-order valence-corrected chi connectivity index (χ2v) is 12.6. The third-order valence-electron chi connectivity index (χ3n) is 7.91. The summed E-state index contributed by atoms with van der Waals surface area (Å²) in [4.78, 5) is 0. The van der Waals surface area contributed by atoms with E-state index < -0.39 is 79.0 Å². The van der Waals surface area contributed by atoms with Gasteiger partial charge in [-0.2, -0.15) is 0 Å². The lowest BCUT2D eigenvalue weighted by Gasteiger charge is -2.30.